The smallest absolute Gasteiger partial charge is 0.330 e. The fourth-order valence-electron chi connectivity index (χ4n) is 2.68. The Morgan fingerprint density at radius 3 is 2.66 bits per heavy atom. The predicted molar refractivity (Wildman–Crippen MR) is 130 cm³/mol. The van der Waals surface area contributed by atoms with E-state index in [9.17, 15) is 4.79 Å². The Morgan fingerprint density at radius 1 is 1.24 bits per heavy atom. The third-order valence-corrected chi connectivity index (χ3v) is 5.79. The van der Waals surface area contributed by atoms with E-state index in [1.54, 1.807) is 6.08 Å². The first-order valence-electron chi connectivity index (χ1n) is 10.3. The second kappa shape index (κ2) is 15.3. The van der Waals surface area contributed by atoms with Gasteiger partial charge in [0.1, 0.15) is 0 Å². The number of methoxy groups -OCH3 is 1. The first-order chi connectivity index (χ1) is 14.0. The van der Waals surface area contributed by atoms with Gasteiger partial charge in [-0.1, -0.05) is 39.7 Å². The highest BCUT2D eigenvalue weighted by Gasteiger charge is 2.08. The first-order valence-corrected chi connectivity index (χ1v) is 11.7. The summed E-state index contributed by atoms with van der Waals surface area (Å²) in [7, 11) is 1.37. The molecule has 0 aliphatic rings. The van der Waals surface area contributed by atoms with Crippen LogP contribution >= 0.6 is 24.0 Å². The second-order valence-electron chi connectivity index (χ2n) is 6.58. The highest BCUT2D eigenvalue weighted by atomic mass is 32.2. The molecule has 0 aliphatic carbocycles. The Balaban J connectivity index is 2.84. The van der Waals surface area contributed by atoms with Crippen LogP contribution in [0.2, 0.25) is 0 Å². The second-order valence-corrected chi connectivity index (χ2v) is 8.12. The maximum Gasteiger partial charge on any atom is 0.330 e. The maximum atomic E-state index is 11.4. The van der Waals surface area contributed by atoms with Gasteiger partial charge in [-0.2, -0.15) is 0 Å². The molecule has 1 rings (SSSR count). The molecule has 0 unspecified atom stereocenters. The molecule has 7 heteroatoms. The van der Waals surface area contributed by atoms with Gasteiger partial charge in [0.05, 0.1) is 12.8 Å². The van der Waals surface area contributed by atoms with Crippen LogP contribution in [-0.2, 0) is 9.53 Å². The van der Waals surface area contributed by atoms with Crippen LogP contribution in [0.5, 0.6) is 0 Å². The number of thioether (sulfide) groups is 1. The largest absolute Gasteiger partial charge is 0.466 e. The number of nitrogens with one attached hydrogen (secondary N) is 2. The molecule has 0 heterocycles. The van der Waals surface area contributed by atoms with Gasteiger partial charge in [0, 0.05) is 29.8 Å². The number of carbonyl (C=O) groups excluding carboxylic acids is 1. The SMILES string of the molecule is CCCCCNC(=S)Nc1cc(/C=C/C(=O)OC)ccc1SCCN(CC)CC. The number of nitrogens with zero attached hydrogens (tertiary/aromatic N) is 1. The topological polar surface area (TPSA) is 53.6 Å². The van der Waals surface area contributed by atoms with Crippen LogP contribution in [0, 0.1) is 0 Å². The van der Waals surface area contributed by atoms with Crippen molar-refractivity contribution in [2.45, 2.75) is 44.9 Å². The molecule has 0 aromatic heterocycles. The summed E-state index contributed by atoms with van der Waals surface area (Å²) in [5, 5.41) is 7.23. The minimum Gasteiger partial charge on any atom is -0.466 e. The van der Waals surface area contributed by atoms with Gasteiger partial charge in [-0.3, -0.25) is 0 Å². The van der Waals surface area contributed by atoms with Gasteiger partial charge >= 0.3 is 5.97 Å². The zero-order valence-electron chi connectivity index (χ0n) is 18.1. The Bertz CT molecular complexity index is 661. The van der Waals surface area contributed by atoms with E-state index in [0.717, 1.165) is 54.5 Å². The Labute approximate surface area is 185 Å². The van der Waals surface area contributed by atoms with Crippen LogP contribution in [0.4, 0.5) is 5.69 Å². The molecule has 1 aromatic rings. The zero-order chi connectivity index (χ0) is 21.5. The molecule has 0 atom stereocenters. The fourth-order valence-corrected chi connectivity index (χ4v) is 3.89. The molecule has 162 valence electrons. The van der Waals surface area contributed by atoms with Crippen molar-refractivity contribution in [1.82, 2.24) is 10.2 Å². The van der Waals surface area contributed by atoms with E-state index in [1.165, 1.54) is 26.0 Å². The van der Waals surface area contributed by atoms with Crippen molar-refractivity contribution in [3.63, 3.8) is 0 Å². The first kappa shape index (κ1) is 25.5. The van der Waals surface area contributed by atoms with Crippen molar-refractivity contribution >= 4 is 46.8 Å². The van der Waals surface area contributed by atoms with Crippen molar-refractivity contribution in [1.29, 1.82) is 0 Å². The van der Waals surface area contributed by atoms with Crippen LogP contribution in [-0.4, -0.2) is 55.0 Å². The number of ether oxygens (including phenoxy) is 1. The van der Waals surface area contributed by atoms with E-state index in [-0.39, 0.29) is 5.97 Å². The summed E-state index contributed by atoms with van der Waals surface area (Å²) >= 11 is 7.28. The third-order valence-electron chi connectivity index (χ3n) is 4.49. The molecule has 5 nitrogen and oxygen atoms in total. The minimum atomic E-state index is -0.370. The maximum absolute atomic E-state index is 11.4. The lowest BCUT2D eigenvalue weighted by Crippen LogP contribution is -2.29. The lowest BCUT2D eigenvalue weighted by molar-refractivity contribution is -0.134. The quantitative estimate of drug-likeness (QED) is 0.151. The zero-order valence-corrected chi connectivity index (χ0v) is 19.8. The van der Waals surface area contributed by atoms with Crippen molar-refractivity contribution in [2.24, 2.45) is 0 Å². The molecule has 2 N–H and O–H groups in total. The predicted octanol–water partition coefficient (Wildman–Crippen LogP) is 4.78. The van der Waals surface area contributed by atoms with Gasteiger partial charge in [-0.05, 0) is 55.5 Å². The average molecular weight is 438 g/mol. The number of anilines is 1. The molecule has 29 heavy (non-hydrogen) atoms. The number of carbonyl (C=O) groups is 1. The van der Waals surface area contributed by atoms with E-state index in [1.807, 2.05) is 23.9 Å². The molecule has 0 amide bonds. The Morgan fingerprint density at radius 2 is 2.00 bits per heavy atom. The van der Waals surface area contributed by atoms with Crippen LogP contribution in [0.25, 0.3) is 6.08 Å². The number of hydrogen-bond acceptors (Lipinski definition) is 5. The van der Waals surface area contributed by atoms with Gasteiger partial charge in [0.2, 0.25) is 0 Å². The van der Waals surface area contributed by atoms with E-state index >= 15 is 0 Å². The molecule has 0 fully saturated rings. The standard InChI is InChI=1S/C22H35N3O2S2/c1-5-8-9-14-23-22(28)24-19-17-18(11-13-21(26)27-4)10-12-20(19)29-16-15-25(6-2)7-3/h10-13,17H,5-9,14-16H2,1-4H3,(H2,23,24,28)/b13-11+. The van der Waals surface area contributed by atoms with E-state index in [0.29, 0.717) is 5.11 Å². The molecule has 0 bridgehead atoms. The van der Waals surface area contributed by atoms with Gasteiger partial charge in [-0.15, -0.1) is 11.8 Å². The average Bonchev–Trinajstić information content (AvgIpc) is 2.73. The molecule has 0 spiro atoms. The third kappa shape index (κ3) is 10.7. The monoisotopic (exact) mass is 437 g/mol. The number of thiocarbonyl (C=S) groups is 1. The number of hydrogen-bond donors (Lipinski definition) is 2. The summed E-state index contributed by atoms with van der Waals surface area (Å²) in [4.78, 5) is 14.9. The van der Waals surface area contributed by atoms with Crippen molar-refractivity contribution in [3.05, 3.63) is 29.8 Å². The number of unbranched alkanes of at least 4 members (excludes halogenated alkanes) is 2. The lowest BCUT2D eigenvalue weighted by atomic mass is 10.2. The van der Waals surface area contributed by atoms with Gasteiger partial charge < -0.3 is 20.3 Å². The Hall–Kier alpha value is -1.57. The highest BCUT2D eigenvalue weighted by molar-refractivity contribution is 7.99. The summed E-state index contributed by atoms with van der Waals surface area (Å²) < 4.78 is 4.67. The summed E-state index contributed by atoms with van der Waals surface area (Å²) in [5.74, 6) is 0.634. The highest BCUT2D eigenvalue weighted by Crippen LogP contribution is 2.29. The normalized spacial score (nSPS) is 11.1. The fraction of sp³-hybridized carbons (Fsp3) is 0.545. The molecule has 1 aromatic carbocycles. The Kier molecular flexibility index (Phi) is 13.4. The van der Waals surface area contributed by atoms with Crippen LogP contribution < -0.4 is 10.6 Å². The molecule has 0 saturated heterocycles. The van der Waals surface area contributed by atoms with Crippen molar-refractivity contribution < 1.29 is 9.53 Å². The molecule has 0 saturated carbocycles. The number of esters is 1. The summed E-state index contributed by atoms with van der Waals surface area (Å²) in [5.41, 5.74) is 1.87. The minimum absolute atomic E-state index is 0.370. The molecule has 0 aliphatic heterocycles. The van der Waals surface area contributed by atoms with E-state index in [2.05, 4.69) is 47.1 Å². The van der Waals surface area contributed by atoms with E-state index < -0.39 is 0 Å². The van der Waals surface area contributed by atoms with Crippen LogP contribution in [0.1, 0.15) is 45.6 Å². The van der Waals surface area contributed by atoms with Crippen molar-refractivity contribution in [2.75, 3.05) is 44.4 Å². The summed E-state index contributed by atoms with van der Waals surface area (Å²) in [6.45, 7) is 10.6. The van der Waals surface area contributed by atoms with Gasteiger partial charge in [0.15, 0.2) is 5.11 Å². The number of benzene rings is 1. The lowest BCUT2D eigenvalue weighted by Gasteiger charge is -2.19. The van der Waals surface area contributed by atoms with Crippen LogP contribution in [0.15, 0.2) is 29.2 Å². The van der Waals surface area contributed by atoms with Crippen molar-refractivity contribution in [3.8, 4) is 0 Å². The van der Waals surface area contributed by atoms with Gasteiger partial charge in [-0.25, -0.2) is 4.79 Å². The summed E-state index contributed by atoms with van der Waals surface area (Å²) in [6, 6.07) is 6.09. The van der Waals surface area contributed by atoms with E-state index in [4.69, 9.17) is 12.2 Å². The molecular weight excluding hydrogens is 402 g/mol. The number of rotatable bonds is 13. The van der Waals surface area contributed by atoms with Crippen LogP contribution in [0.3, 0.4) is 0 Å². The molecule has 0 radical (unpaired) electrons. The molecular formula is C22H35N3O2S2. The summed E-state index contributed by atoms with van der Waals surface area (Å²) in [6.07, 6.45) is 6.65. The van der Waals surface area contributed by atoms with Gasteiger partial charge in [0.25, 0.3) is 0 Å².